The van der Waals surface area contributed by atoms with Crippen molar-refractivity contribution in [2.75, 3.05) is 0 Å². The van der Waals surface area contributed by atoms with E-state index < -0.39 is 17.5 Å². The van der Waals surface area contributed by atoms with Gasteiger partial charge in [-0.2, -0.15) is 0 Å². The van der Waals surface area contributed by atoms with Crippen molar-refractivity contribution in [2.45, 2.75) is 0 Å². The minimum Gasteiger partial charge on any atom is -0.503 e. The number of hydrogen-bond acceptors (Lipinski definition) is 4. The second-order valence-corrected chi connectivity index (χ2v) is 1.69. The number of rotatable bonds is 1. The molecule has 0 aliphatic rings. The van der Waals surface area contributed by atoms with Gasteiger partial charge in [0.25, 0.3) is 0 Å². The minimum absolute atomic E-state index is 0.185. The first kappa shape index (κ1) is 6.47. The largest absolute Gasteiger partial charge is 0.503 e. The molecule has 0 bridgehead atoms. The summed E-state index contributed by atoms with van der Waals surface area (Å²) in [7, 11) is 0. The highest BCUT2D eigenvalue weighted by molar-refractivity contribution is 5.62. The highest BCUT2D eigenvalue weighted by Crippen LogP contribution is 2.31. The molecular weight excluding hydrogens is 138 g/mol. The van der Waals surface area contributed by atoms with Crippen molar-refractivity contribution in [2.24, 2.45) is 0 Å². The molecule has 0 spiro atoms. The van der Waals surface area contributed by atoms with E-state index in [4.69, 9.17) is 15.3 Å². The van der Waals surface area contributed by atoms with Crippen molar-refractivity contribution in [3.63, 3.8) is 0 Å². The monoisotopic (exact) mass is 143 g/mol. The first-order valence-electron chi connectivity index (χ1n) is 2.44. The zero-order chi connectivity index (χ0) is 7.72. The summed E-state index contributed by atoms with van der Waals surface area (Å²) in [6, 6.07) is 0.865. The minimum atomic E-state index is -0.660. The maximum atomic E-state index is 9.99. The zero-order valence-corrected chi connectivity index (χ0v) is 4.85. The van der Waals surface area contributed by atoms with Gasteiger partial charge in [-0.05, 0) is 0 Å². The molecule has 0 radical (unpaired) electrons. The lowest BCUT2D eigenvalue weighted by atomic mass is 10.6. The molecule has 0 aliphatic carbocycles. The van der Waals surface area contributed by atoms with Crippen LogP contribution >= 0.6 is 0 Å². The average molecular weight is 143 g/mol. The second kappa shape index (κ2) is 1.94. The van der Waals surface area contributed by atoms with Crippen LogP contribution in [0.1, 0.15) is 0 Å². The molecule has 0 unspecified atom stereocenters. The van der Waals surface area contributed by atoms with Crippen LogP contribution in [0.25, 0.3) is 0 Å². The van der Waals surface area contributed by atoms with Gasteiger partial charge >= 0.3 is 0 Å². The Hall–Kier alpha value is -1.65. The fraction of sp³-hybridized carbons (Fsp3) is 0. The number of hydrogen-bond donors (Lipinski definition) is 3. The van der Waals surface area contributed by atoms with Gasteiger partial charge in [-0.1, -0.05) is 0 Å². The average Bonchev–Trinajstić information content (AvgIpc) is 2.09. The molecule has 0 saturated heterocycles. The third-order valence-electron chi connectivity index (χ3n) is 1.08. The smallest absolute Gasteiger partial charge is 0.244 e. The first-order chi connectivity index (χ1) is 4.66. The van der Waals surface area contributed by atoms with Crippen LogP contribution in [-0.4, -0.2) is 26.3 Å². The molecule has 1 aromatic rings. The summed E-state index contributed by atoms with van der Waals surface area (Å²) >= 11 is 0. The summed E-state index contributed by atoms with van der Waals surface area (Å²) in [6.45, 7) is 0. The first-order valence-corrected chi connectivity index (χ1v) is 2.44. The molecule has 0 saturated carbocycles. The number of aromatic hydroxyl groups is 3. The Balaban J connectivity index is 3.33. The van der Waals surface area contributed by atoms with Gasteiger partial charge in [-0.25, -0.2) is 4.57 Å². The van der Waals surface area contributed by atoms with Gasteiger partial charge < -0.3 is 15.3 Å². The molecule has 0 atom stereocenters. The van der Waals surface area contributed by atoms with Gasteiger partial charge in [0, 0.05) is 6.07 Å². The van der Waals surface area contributed by atoms with E-state index >= 15 is 0 Å². The Morgan fingerprint density at radius 3 is 2.20 bits per heavy atom. The molecule has 1 rings (SSSR count). The maximum absolute atomic E-state index is 9.99. The topological polar surface area (TPSA) is 82.7 Å². The van der Waals surface area contributed by atoms with Crippen LogP contribution in [0.4, 0.5) is 0 Å². The van der Waals surface area contributed by atoms with Crippen LogP contribution in [0.15, 0.2) is 6.07 Å². The summed E-state index contributed by atoms with van der Waals surface area (Å²) in [5.74, 6) is -1.68. The molecule has 0 amide bonds. The maximum Gasteiger partial charge on any atom is 0.244 e. The van der Waals surface area contributed by atoms with Crippen LogP contribution in [0.3, 0.4) is 0 Å². The van der Waals surface area contributed by atoms with Gasteiger partial charge in [0.2, 0.25) is 18.2 Å². The van der Waals surface area contributed by atoms with E-state index in [1.54, 1.807) is 0 Å². The van der Waals surface area contributed by atoms with E-state index in [9.17, 15) is 4.79 Å². The highest BCUT2D eigenvalue weighted by atomic mass is 16.3. The van der Waals surface area contributed by atoms with Gasteiger partial charge in [0.05, 0.1) is 0 Å². The van der Waals surface area contributed by atoms with E-state index in [0.717, 1.165) is 6.07 Å². The van der Waals surface area contributed by atoms with Crippen molar-refractivity contribution < 1.29 is 20.1 Å². The van der Waals surface area contributed by atoms with Crippen LogP contribution < -0.4 is 0 Å². The SMILES string of the molecule is O=Cn1c(O)cc(O)c1O. The number of nitrogens with zero attached hydrogens (tertiary/aromatic N) is 1. The third-order valence-corrected chi connectivity index (χ3v) is 1.08. The highest BCUT2D eigenvalue weighted by Gasteiger charge is 2.10. The van der Waals surface area contributed by atoms with E-state index in [0.29, 0.717) is 4.57 Å². The van der Waals surface area contributed by atoms with Crippen molar-refractivity contribution in [1.29, 1.82) is 0 Å². The summed E-state index contributed by atoms with van der Waals surface area (Å²) in [4.78, 5) is 9.99. The van der Waals surface area contributed by atoms with Crippen molar-refractivity contribution in [1.82, 2.24) is 4.57 Å². The fourth-order valence-corrected chi connectivity index (χ4v) is 0.592. The molecule has 5 nitrogen and oxygen atoms in total. The Bertz CT molecular complexity index is 265. The molecule has 1 aromatic heterocycles. The predicted octanol–water partition coefficient (Wildman–Crippen LogP) is -0.357. The molecular formula is C5H5NO4. The number of carbonyl (C=O) groups is 1. The predicted molar refractivity (Wildman–Crippen MR) is 31.6 cm³/mol. The molecule has 0 aromatic carbocycles. The summed E-state index contributed by atoms with van der Waals surface area (Å²) in [5.41, 5.74) is 0. The van der Waals surface area contributed by atoms with Gasteiger partial charge in [0.15, 0.2) is 5.75 Å². The molecule has 54 valence electrons. The lowest BCUT2D eigenvalue weighted by Gasteiger charge is -1.92. The molecule has 1 heterocycles. The Morgan fingerprint density at radius 2 is 2.00 bits per heavy atom. The van der Waals surface area contributed by atoms with Crippen LogP contribution in [-0.2, 0) is 4.79 Å². The summed E-state index contributed by atoms with van der Waals surface area (Å²) in [6.07, 6.45) is 0.185. The van der Waals surface area contributed by atoms with Crippen molar-refractivity contribution >= 4 is 6.41 Å². The molecule has 0 aliphatic heterocycles. The van der Waals surface area contributed by atoms with Crippen LogP contribution in [0.5, 0.6) is 17.5 Å². The number of aromatic nitrogens is 1. The Morgan fingerprint density at radius 1 is 1.40 bits per heavy atom. The summed E-state index contributed by atoms with van der Waals surface area (Å²) < 4.78 is 0.509. The molecule has 3 N–H and O–H groups in total. The standard InChI is InChI=1S/C5H5NO4/c7-2-6-4(9)1-3(8)5(6)10/h1-2,8-10H. The normalized spacial score (nSPS) is 9.60. The van der Waals surface area contributed by atoms with Gasteiger partial charge in [-0.15, -0.1) is 0 Å². The van der Waals surface area contributed by atoms with E-state index in [2.05, 4.69) is 0 Å². The Kier molecular flexibility index (Phi) is 1.26. The van der Waals surface area contributed by atoms with E-state index in [1.165, 1.54) is 0 Å². The van der Waals surface area contributed by atoms with E-state index in [-0.39, 0.29) is 6.41 Å². The number of carbonyl (C=O) groups excluding carboxylic acids is 1. The zero-order valence-electron chi connectivity index (χ0n) is 4.85. The van der Waals surface area contributed by atoms with Gasteiger partial charge in [-0.3, -0.25) is 4.79 Å². The Labute approximate surface area is 55.8 Å². The van der Waals surface area contributed by atoms with Crippen molar-refractivity contribution in [3.8, 4) is 17.5 Å². The van der Waals surface area contributed by atoms with Crippen molar-refractivity contribution in [3.05, 3.63) is 6.07 Å². The molecule has 10 heavy (non-hydrogen) atoms. The quantitative estimate of drug-likeness (QED) is 0.469. The second-order valence-electron chi connectivity index (χ2n) is 1.69. The summed E-state index contributed by atoms with van der Waals surface area (Å²) in [5, 5.41) is 26.1. The lowest BCUT2D eigenvalue weighted by Crippen LogP contribution is -1.90. The van der Waals surface area contributed by atoms with E-state index in [1.807, 2.05) is 0 Å². The molecule has 0 fully saturated rings. The fourth-order valence-electron chi connectivity index (χ4n) is 0.592. The third kappa shape index (κ3) is 0.680. The van der Waals surface area contributed by atoms with Crippen LogP contribution in [0, 0.1) is 0 Å². The molecule has 5 heteroatoms. The van der Waals surface area contributed by atoms with Crippen LogP contribution in [0.2, 0.25) is 0 Å². The van der Waals surface area contributed by atoms with Gasteiger partial charge in [0.1, 0.15) is 0 Å². The lowest BCUT2D eigenvalue weighted by molar-refractivity contribution is 0.377.